The van der Waals surface area contributed by atoms with Gasteiger partial charge < -0.3 is 29.2 Å². The van der Waals surface area contributed by atoms with Crippen molar-refractivity contribution < 1.29 is 48.3 Å². The number of aromatic nitrogens is 3. The highest BCUT2D eigenvalue weighted by molar-refractivity contribution is 5.80. The van der Waals surface area contributed by atoms with Crippen LogP contribution in [0, 0.1) is 46.8 Å². The number of aliphatic hydroxyl groups is 2. The summed E-state index contributed by atoms with van der Waals surface area (Å²) in [6, 6.07) is 63.7. The lowest BCUT2D eigenvalue weighted by atomic mass is 9.59. The van der Waals surface area contributed by atoms with E-state index in [4.69, 9.17) is 29.6 Å². The molecule has 104 heavy (non-hydrogen) atoms. The molecule has 0 saturated heterocycles. The summed E-state index contributed by atoms with van der Waals surface area (Å²) in [4.78, 5) is 57.4. The SMILES string of the molecule is C#CCO.CCC(C)CC(CC(CC(C)(CC(C)C(=O)OCCCCCCN=[N+]=[N-])C(=O)OC)(c1ccccc1)c1ccccc1)c1ccccc1.CCC(C)CC(CC(CC(C)(CC(C)C(=O)OCCCCCCn1cc(CO)nn1)C(=O)OC)(c1ccccc1)c1ccccc1)c1ccccc1. The van der Waals surface area contributed by atoms with Crippen LogP contribution in [0.2, 0.25) is 0 Å². The van der Waals surface area contributed by atoms with Gasteiger partial charge in [0.1, 0.15) is 12.3 Å². The smallest absolute Gasteiger partial charge is 0.311 e. The Labute approximate surface area is 621 Å². The molecule has 0 spiro atoms. The van der Waals surface area contributed by atoms with Gasteiger partial charge in [-0.1, -0.05) is 272 Å². The van der Waals surface area contributed by atoms with Gasteiger partial charge in [0.2, 0.25) is 0 Å². The summed E-state index contributed by atoms with van der Waals surface area (Å²) in [6.07, 6.45) is 20.5. The molecule has 2 N–H and O–H groups in total. The molecule has 0 saturated carbocycles. The third-order valence-electron chi connectivity index (χ3n) is 20.7. The van der Waals surface area contributed by atoms with E-state index in [2.05, 4.69) is 212 Å². The molecule has 16 nitrogen and oxygen atoms in total. The van der Waals surface area contributed by atoms with Gasteiger partial charge >= 0.3 is 23.9 Å². The summed E-state index contributed by atoms with van der Waals surface area (Å²) in [5.41, 5.74) is 13.1. The molecule has 0 aliphatic heterocycles. The lowest BCUT2D eigenvalue weighted by Crippen LogP contribution is -2.42. The number of carbonyl (C=O) groups is 4. The van der Waals surface area contributed by atoms with Gasteiger partial charge in [-0.25, -0.2) is 0 Å². The highest BCUT2D eigenvalue weighted by Gasteiger charge is 2.50. The lowest BCUT2D eigenvalue weighted by molar-refractivity contribution is -0.159. The first-order valence-electron chi connectivity index (χ1n) is 37.6. The van der Waals surface area contributed by atoms with Crippen LogP contribution < -0.4 is 0 Å². The van der Waals surface area contributed by atoms with Crippen LogP contribution in [0.3, 0.4) is 0 Å². The number of methoxy groups -OCH3 is 2. The molecule has 0 radical (unpaired) electrons. The zero-order valence-electron chi connectivity index (χ0n) is 63.8. The largest absolute Gasteiger partial charge is 0.469 e. The first-order chi connectivity index (χ1) is 50.2. The lowest BCUT2D eigenvalue weighted by Gasteiger charge is -2.44. The number of unbranched alkanes of at least 4 members (excludes halogenated alkanes) is 6. The first-order valence-corrected chi connectivity index (χ1v) is 37.6. The van der Waals surface area contributed by atoms with Crippen molar-refractivity contribution in [2.45, 2.75) is 207 Å². The standard InChI is InChI=1S/C44H59N3O5.C41H55N3O4.C3H4O/c1-6-34(2)28-37(36-20-12-9-13-21-36)30-44(38-22-14-10-15-23-38,39-24-16-11-17-25-39)33-43(4,42(50)51-5)29-35(3)41(49)52-27-19-8-7-18-26-47-31-40(32-48)45-46-47;1-6-32(2)28-35(34-20-12-9-13-21-34)30-41(36-22-14-10-15-23-36,37-24-16-11-17-25-37)31-40(4,39(46)47-5)29-33(3)38(45)48-27-19-8-7-18-26-43-44-42;1-2-3-4/h9-17,20-25,31,34-35,37,48H,6-8,18-19,26-30,32-33H2,1-5H3;9-17,20-25,32-33,35H,6-8,18-19,26-31H2,1-5H3;1,4H,3H2. The van der Waals surface area contributed by atoms with Crippen LogP contribution >= 0.6 is 0 Å². The van der Waals surface area contributed by atoms with E-state index in [0.29, 0.717) is 63.0 Å². The third kappa shape index (κ3) is 27.0. The van der Waals surface area contributed by atoms with Crippen LogP contribution in [-0.2, 0) is 62.1 Å². The van der Waals surface area contributed by atoms with Gasteiger partial charge in [-0.3, -0.25) is 23.9 Å². The van der Waals surface area contributed by atoms with E-state index in [-0.39, 0.29) is 48.9 Å². The summed E-state index contributed by atoms with van der Waals surface area (Å²) in [6.45, 7) is 18.4. The molecule has 0 fully saturated rings. The Hall–Kier alpha value is -8.87. The molecule has 1 heterocycles. The molecule has 1 aromatic heterocycles. The van der Waals surface area contributed by atoms with Crippen LogP contribution in [0.15, 0.2) is 193 Å². The molecule has 0 aliphatic rings. The van der Waals surface area contributed by atoms with Gasteiger partial charge in [0.15, 0.2) is 0 Å². The molecule has 6 aromatic carbocycles. The van der Waals surface area contributed by atoms with Crippen molar-refractivity contribution in [3.63, 3.8) is 0 Å². The van der Waals surface area contributed by atoms with E-state index in [9.17, 15) is 24.3 Å². The first kappa shape index (κ1) is 85.8. The van der Waals surface area contributed by atoms with Gasteiger partial charge in [-0.15, -0.1) is 11.5 Å². The minimum Gasteiger partial charge on any atom is -0.469 e. The van der Waals surface area contributed by atoms with E-state index in [1.165, 1.54) is 25.3 Å². The normalized spacial score (nSPS) is 14.2. The average Bonchev–Trinajstić information content (AvgIpc) is 1.39. The van der Waals surface area contributed by atoms with Crippen LogP contribution in [0.4, 0.5) is 0 Å². The Morgan fingerprint density at radius 1 is 0.538 bits per heavy atom. The highest BCUT2D eigenvalue weighted by atomic mass is 16.5. The maximum absolute atomic E-state index is 14.0. The van der Waals surface area contributed by atoms with Crippen LogP contribution in [0.25, 0.3) is 10.4 Å². The van der Waals surface area contributed by atoms with Crippen LogP contribution in [0.5, 0.6) is 0 Å². The number of nitrogens with zero attached hydrogens (tertiary/aromatic N) is 6. The number of benzene rings is 6. The predicted octanol–water partition coefficient (Wildman–Crippen LogP) is 19.3. The van der Waals surface area contributed by atoms with Crippen LogP contribution in [-0.4, -0.2) is 89.7 Å². The zero-order valence-corrected chi connectivity index (χ0v) is 63.8. The summed E-state index contributed by atoms with van der Waals surface area (Å²) < 4.78 is 24.3. The fourth-order valence-electron chi connectivity index (χ4n) is 15.0. The Morgan fingerprint density at radius 2 is 0.885 bits per heavy atom. The van der Waals surface area contributed by atoms with Crippen molar-refractivity contribution in [1.82, 2.24) is 15.0 Å². The fourth-order valence-corrected chi connectivity index (χ4v) is 15.0. The molecule has 8 unspecified atom stereocenters. The number of esters is 4. The van der Waals surface area contributed by atoms with Crippen molar-refractivity contribution in [3.8, 4) is 12.3 Å². The molecule has 16 heteroatoms. The minimum atomic E-state index is -0.992. The maximum atomic E-state index is 14.0. The molecule has 0 bridgehead atoms. The number of rotatable bonds is 43. The summed E-state index contributed by atoms with van der Waals surface area (Å²) in [5.74, 6) is 1.24. The van der Waals surface area contributed by atoms with E-state index < -0.39 is 33.5 Å². The summed E-state index contributed by atoms with van der Waals surface area (Å²) >= 11 is 0. The van der Waals surface area contributed by atoms with Gasteiger partial charge in [0.05, 0.1) is 62.9 Å². The van der Waals surface area contributed by atoms with Crippen molar-refractivity contribution in [1.29, 1.82) is 0 Å². The molecule has 0 amide bonds. The number of hydrogen-bond acceptors (Lipinski definition) is 13. The summed E-state index contributed by atoms with van der Waals surface area (Å²) in [5, 5.41) is 28.3. The van der Waals surface area contributed by atoms with Crippen molar-refractivity contribution in [2.24, 2.45) is 39.6 Å². The average molecular weight is 1420 g/mol. The number of hydrogen-bond donors (Lipinski definition) is 2. The third-order valence-corrected chi connectivity index (χ3v) is 20.7. The van der Waals surface area contributed by atoms with E-state index in [1.54, 1.807) is 10.9 Å². The van der Waals surface area contributed by atoms with E-state index in [0.717, 1.165) is 119 Å². The number of carbonyl (C=O) groups excluding carboxylic acids is 4. The van der Waals surface area contributed by atoms with Gasteiger partial charge in [0.25, 0.3) is 0 Å². The summed E-state index contributed by atoms with van der Waals surface area (Å²) in [7, 11) is 2.88. The van der Waals surface area contributed by atoms with E-state index >= 15 is 0 Å². The topological polar surface area (TPSA) is 225 Å². The number of ether oxygens (including phenoxy) is 4. The van der Waals surface area contributed by atoms with Crippen molar-refractivity contribution >= 4 is 23.9 Å². The minimum absolute atomic E-state index is 0.114. The van der Waals surface area contributed by atoms with Gasteiger partial charge in [-0.05, 0) is 160 Å². The Kier molecular flexibility index (Phi) is 38.0. The molecular weight excluding hydrogens is 1300 g/mol. The monoisotopic (exact) mass is 1420 g/mol. The number of aliphatic hydroxyl groups excluding tert-OH is 2. The second-order valence-electron chi connectivity index (χ2n) is 29.0. The van der Waals surface area contributed by atoms with Gasteiger partial charge in [-0.2, -0.15) is 0 Å². The second kappa shape index (κ2) is 46.1. The molecular formula is C88H118N6O10. The number of aryl methyl sites for hydroxylation is 1. The fraction of sp³-hybridized carbons (Fsp3) is 0.500. The number of azide groups is 1. The van der Waals surface area contributed by atoms with E-state index in [1.807, 2.05) is 57.9 Å². The Balaban J connectivity index is 0.000000356. The Morgan fingerprint density at radius 3 is 1.20 bits per heavy atom. The van der Waals surface area contributed by atoms with Crippen molar-refractivity contribution in [3.05, 3.63) is 238 Å². The molecule has 7 aromatic rings. The Bertz CT molecular complexity index is 3560. The quantitative estimate of drug-likeness (QED) is 0.00692. The molecule has 0 aliphatic carbocycles. The van der Waals surface area contributed by atoms with Gasteiger partial charge in [0, 0.05) is 28.8 Å². The maximum Gasteiger partial charge on any atom is 0.311 e. The highest BCUT2D eigenvalue weighted by Crippen LogP contribution is 2.54. The van der Waals surface area contributed by atoms with Crippen molar-refractivity contribution in [2.75, 3.05) is 40.6 Å². The van der Waals surface area contributed by atoms with Crippen LogP contribution in [0.1, 0.15) is 222 Å². The number of terminal acetylenes is 1. The zero-order chi connectivity index (χ0) is 75.6. The second-order valence-corrected chi connectivity index (χ2v) is 29.0. The predicted molar refractivity (Wildman–Crippen MR) is 415 cm³/mol. The molecule has 560 valence electrons. The molecule has 8 atom stereocenters. The molecule has 7 rings (SSSR count).